The van der Waals surface area contributed by atoms with Crippen molar-refractivity contribution in [2.24, 2.45) is 5.92 Å². The topological polar surface area (TPSA) is 81.3 Å². The second kappa shape index (κ2) is 10.5. The Hall–Kier alpha value is -3.13. The number of nitrogens with one attached hydrogen (secondary N) is 1. The summed E-state index contributed by atoms with van der Waals surface area (Å²) in [6.45, 7) is 6.96. The molecule has 0 radical (unpaired) electrons. The Balaban J connectivity index is 1.60. The second-order valence-electron chi connectivity index (χ2n) is 10.2. The molecule has 1 amide bonds. The predicted octanol–water partition coefficient (Wildman–Crippen LogP) is 5.36. The number of aryl methyl sites for hydroxylation is 2. The third-order valence-electron chi connectivity index (χ3n) is 7.07. The molecule has 2 aromatic heterocycles. The van der Waals surface area contributed by atoms with Gasteiger partial charge in [-0.1, -0.05) is 62.7 Å². The van der Waals surface area contributed by atoms with Crippen LogP contribution in [0.4, 0.5) is 0 Å². The average molecular weight is 504 g/mol. The fraction of sp³-hybridized carbons (Fsp3) is 0.429. The van der Waals surface area contributed by atoms with Crippen LogP contribution in [0.15, 0.2) is 52.4 Å². The minimum Gasteiger partial charge on any atom is -0.349 e. The highest BCUT2D eigenvalue weighted by molar-refractivity contribution is 7.98. The van der Waals surface area contributed by atoms with Gasteiger partial charge in [0.1, 0.15) is 0 Å². The van der Waals surface area contributed by atoms with E-state index in [2.05, 4.69) is 48.4 Å². The number of benzene rings is 2. The normalized spacial score (nSPS) is 14.3. The molecule has 1 aliphatic rings. The highest BCUT2D eigenvalue weighted by atomic mass is 32.2. The van der Waals surface area contributed by atoms with Crippen LogP contribution in [0.5, 0.6) is 0 Å². The van der Waals surface area contributed by atoms with Crippen molar-refractivity contribution in [1.82, 2.24) is 24.5 Å². The number of hydrogen-bond acceptors (Lipinski definition) is 5. The summed E-state index contributed by atoms with van der Waals surface area (Å²) in [6, 6.07) is 13.9. The van der Waals surface area contributed by atoms with Gasteiger partial charge in [-0.25, -0.2) is 0 Å². The Bertz CT molecular complexity index is 1470. The molecule has 2 heterocycles. The molecule has 4 aromatic rings. The number of nitrogens with zero attached hydrogens (tertiary/aromatic N) is 4. The van der Waals surface area contributed by atoms with Crippen molar-refractivity contribution in [2.45, 2.75) is 76.4 Å². The van der Waals surface area contributed by atoms with Gasteiger partial charge < -0.3 is 5.32 Å². The summed E-state index contributed by atoms with van der Waals surface area (Å²) in [4.78, 5) is 26.6. The van der Waals surface area contributed by atoms with Gasteiger partial charge in [-0.05, 0) is 61.4 Å². The van der Waals surface area contributed by atoms with Gasteiger partial charge in [0.2, 0.25) is 5.78 Å². The number of thioether (sulfide) groups is 1. The molecule has 1 saturated carbocycles. The van der Waals surface area contributed by atoms with Crippen molar-refractivity contribution in [3.05, 3.63) is 69.5 Å². The Morgan fingerprint density at radius 1 is 1.14 bits per heavy atom. The lowest BCUT2D eigenvalue weighted by atomic mass is 10.1. The first-order valence-electron chi connectivity index (χ1n) is 12.8. The number of amides is 1. The molecule has 0 bridgehead atoms. The van der Waals surface area contributed by atoms with E-state index in [9.17, 15) is 9.59 Å². The first-order chi connectivity index (χ1) is 17.4. The van der Waals surface area contributed by atoms with Crippen LogP contribution < -0.4 is 10.9 Å². The van der Waals surface area contributed by atoms with Crippen molar-refractivity contribution in [2.75, 3.05) is 0 Å². The van der Waals surface area contributed by atoms with Gasteiger partial charge in [0.15, 0.2) is 5.16 Å². The molecule has 1 N–H and O–H groups in total. The quantitative estimate of drug-likeness (QED) is 0.327. The Morgan fingerprint density at radius 2 is 1.92 bits per heavy atom. The zero-order valence-electron chi connectivity index (χ0n) is 21.2. The highest BCUT2D eigenvalue weighted by Crippen LogP contribution is 2.27. The summed E-state index contributed by atoms with van der Waals surface area (Å²) in [5, 5.41) is 13.4. The fourth-order valence-electron chi connectivity index (χ4n) is 4.86. The molecule has 5 rings (SSSR count). The molecule has 7 nitrogen and oxygen atoms in total. The lowest BCUT2D eigenvalue weighted by molar-refractivity contribution is 0.0938. The molecule has 36 heavy (non-hydrogen) atoms. The Labute approximate surface area is 215 Å². The van der Waals surface area contributed by atoms with Gasteiger partial charge in [-0.2, -0.15) is 0 Å². The van der Waals surface area contributed by atoms with Crippen LogP contribution >= 0.6 is 11.8 Å². The van der Waals surface area contributed by atoms with E-state index in [0.29, 0.717) is 39.9 Å². The molecular formula is C28H33N5O2S. The standard InChI is InChI=1S/C28H33N5O2S/c1-18(2)14-15-32-26(35)23-13-12-20(25(34)29-22-10-6-7-11-22)16-24(23)33-27(32)30-31-28(33)36-17-21-9-5-4-8-19(21)3/h4-5,8-9,12-13,16,18,22H,6-7,10-11,14-15,17H2,1-3H3,(H,29,34). The van der Waals surface area contributed by atoms with E-state index in [4.69, 9.17) is 0 Å². The van der Waals surface area contributed by atoms with E-state index >= 15 is 0 Å². The Kier molecular flexibility index (Phi) is 7.14. The van der Waals surface area contributed by atoms with Gasteiger partial charge in [-0.15, -0.1) is 10.2 Å². The minimum absolute atomic E-state index is 0.0937. The van der Waals surface area contributed by atoms with Crippen molar-refractivity contribution >= 4 is 34.3 Å². The molecule has 1 aliphatic carbocycles. The summed E-state index contributed by atoms with van der Waals surface area (Å²) in [7, 11) is 0. The lowest BCUT2D eigenvalue weighted by Crippen LogP contribution is -2.32. The molecule has 0 unspecified atom stereocenters. The Morgan fingerprint density at radius 3 is 2.67 bits per heavy atom. The van der Waals surface area contributed by atoms with Gasteiger partial charge in [0, 0.05) is 23.9 Å². The molecule has 1 fully saturated rings. The third-order valence-corrected chi connectivity index (χ3v) is 8.05. The molecule has 8 heteroatoms. The average Bonchev–Trinajstić information content (AvgIpc) is 3.53. The first kappa shape index (κ1) is 24.6. The van der Waals surface area contributed by atoms with Crippen LogP contribution in [0.3, 0.4) is 0 Å². The maximum atomic E-state index is 13.5. The van der Waals surface area contributed by atoms with Crippen LogP contribution in [0.1, 0.15) is 67.4 Å². The summed E-state index contributed by atoms with van der Waals surface area (Å²) in [6.07, 6.45) is 5.22. The van der Waals surface area contributed by atoms with Gasteiger partial charge in [-0.3, -0.25) is 18.6 Å². The van der Waals surface area contributed by atoms with Crippen LogP contribution in [0, 0.1) is 12.8 Å². The number of fused-ring (bicyclic) bond motifs is 3. The predicted molar refractivity (Wildman–Crippen MR) is 145 cm³/mol. The van der Waals surface area contributed by atoms with Gasteiger partial charge in [0.05, 0.1) is 10.9 Å². The molecule has 0 spiro atoms. The lowest BCUT2D eigenvalue weighted by Gasteiger charge is -2.15. The fourth-order valence-corrected chi connectivity index (χ4v) is 5.87. The molecule has 2 aromatic carbocycles. The van der Waals surface area contributed by atoms with Crippen LogP contribution in [0.25, 0.3) is 16.7 Å². The maximum Gasteiger partial charge on any atom is 0.262 e. The van der Waals surface area contributed by atoms with Gasteiger partial charge in [0.25, 0.3) is 11.5 Å². The molecule has 188 valence electrons. The largest absolute Gasteiger partial charge is 0.349 e. The second-order valence-corrected chi connectivity index (χ2v) is 11.1. The van der Waals surface area contributed by atoms with Crippen LogP contribution in [-0.2, 0) is 12.3 Å². The van der Waals surface area contributed by atoms with E-state index in [-0.39, 0.29) is 17.5 Å². The minimum atomic E-state index is -0.0943. The van der Waals surface area contributed by atoms with E-state index < -0.39 is 0 Å². The number of rotatable bonds is 8. The number of carbonyl (C=O) groups is 1. The summed E-state index contributed by atoms with van der Waals surface area (Å²) >= 11 is 1.59. The highest BCUT2D eigenvalue weighted by Gasteiger charge is 2.21. The van der Waals surface area contributed by atoms with Crippen molar-refractivity contribution in [3.8, 4) is 0 Å². The van der Waals surface area contributed by atoms with E-state index in [1.165, 1.54) is 11.1 Å². The van der Waals surface area contributed by atoms with Crippen LogP contribution in [0.2, 0.25) is 0 Å². The zero-order chi connectivity index (χ0) is 25.2. The molecule has 0 atom stereocenters. The summed E-state index contributed by atoms with van der Waals surface area (Å²) in [5.74, 6) is 1.62. The van der Waals surface area contributed by atoms with E-state index in [1.54, 1.807) is 28.5 Å². The van der Waals surface area contributed by atoms with E-state index in [0.717, 1.165) is 37.9 Å². The summed E-state index contributed by atoms with van der Waals surface area (Å²) in [5.41, 5.74) is 3.59. The molecule has 0 aliphatic heterocycles. The van der Waals surface area contributed by atoms with E-state index in [1.807, 2.05) is 22.6 Å². The number of aromatic nitrogens is 4. The monoisotopic (exact) mass is 503 g/mol. The number of carbonyl (C=O) groups excluding carboxylic acids is 1. The van der Waals surface area contributed by atoms with Crippen molar-refractivity contribution in [3.63, 3.8) is 0 Å². The zero-order valence-corrected chi connectivity index (χ0v) is 22.0. The SMILES string of the molecule is Cc1ccccc1CSc1nnc2n(CCC(C)C)c(=O)c3ccc(C(=O)NC4CCCC4)cc3n12. The first-order valence-corrected chi connectivity index (χ1v) is 13.8. The molecular weight excluding hydrogens is 470 g/mol. The smallest absolute Gasteiger partial charge is 0.262 e. The van der Waals surface area contributed by atoms with Crippen molar-refractivity contribution in [1.29, 1.82) is 0 Å². The van der Waals surface area contributed by atoms with Gasteiger partial charge >= 0.3 is 0 Å². The van der Waals surface area contributed by atoms with Crippen molar-refractivity contribution < 1.29 is 4.79 Å². The number of hydrogen-bond donors (Lipinski definition) is 1. The maximum absolute atomic E-state index is 13.5. The summed E-state index contributed by atoms with van der Waals surface area (Å²) < 4.78 is 3.68. The third kappa shape index (κ3) is 4.91. The van der Waals surface area contributed by atoms with Crippen LogP contribution in [-0.4, -0.2) is 31.1 Å². The molecule has 0 saturated heterocycles.